The fourth-order valence-electron chi connectivity index (χ4n) is 3.82. The minimum Gasteiger partial charge on any atom is -0.483 e. The third kappa shape index (κ3) is 6.84. The minimum atomic E-state index is -0.458. The Bertz CT molecular complexity index is 1210. The van der Waals surface area contributed by atoms with E-state index >= 15 is 0 Å². The Morgan fingerprint density at radius 2 is 1.83 bits per heavy atom. The van der Waals surface area contributed by atoms with Gasteiger partial charge in [-0.1, -0.05) is 48.2 Å². The van der Waals surface area contributed by atoms with E-state index in [4.69, 9.17) is 27.9 Å². The van der Waals surface area contributed by atoms with Crippen molar-refractivity contribution in [3.05, 3.63) is 74.4 Å². The van der Waals surface area contributed by atoms with Crippen LogP contribution in [0.5, 0.6) is 5.75 Å². The second-order valence-electron chi connectivity index (χ2n) is 8.04. The monoisotopic (exact) mass is 536 g/mol. The quantitative estimate of drug-likeness (QED) is 0.343. The number of rotatable bonds is 7. The van der Waals surface area contributed by atoms with E-state index < -0.39 is 11.8 Å². The van der Waals surface area contributed by atoms with Gasteiger partial charge in [0.05, 0.1) is 16.8 Å². The van der Waals surface area contributed by atoms with Crippen molar-refractivity contribution in [2.75, 3.05) is 5.32 Å². The zero-order valence-electron chi connectivity index (χ0n) is 18.5. The Kier molecular flexibility index (Phi) is 8.43. The number of urea groups is 1. The molecule has 1 fully saturated rings. The summed E-state index contributed by atoms with van der Waals surface area (Å²) in [6.45, 7) is 0.0555. The minimum absolute atomic E-state index is 0.0555. The van der Waals surface area contributed by atoms with Crippen molar-refractivity contribution in [2.24, 2.45) is 0 Å². The van der Waals surface area contributed by atoms with Gasteiger partial charge in [0.15, 0.2) is 11.6 Å². The number of anilines is 1. The van der Waals surface area contributed by atoms with Gasteiger partial charge in [0, 0.05) is 16.4 Å². The third-order valence-corrected chi connectivity index (χ3v) is 6.92. The van der Waals surface area contributed by atoms with E-state index in [0.717, 1.165) is 25.7 Å². The summed E-state index contributed by atoms with van der Waals surface area (Å²) in [5.41, 5.74) is 0.696. The summed E-state index contributed by atoms with van der Waals surface area (Å²) in [6, 6.07) is 10.0. The number of nitrogens with one attached hydrogen (secondary N) is 3. The first-order valence-electron chi connectivity index (χ1n) is 11.0. The van der Waals surface area contributed by atoms with Crippen molar-refractivity contribution >= 4 is 52.2 Å². The van der Waals surface area contributed by atoms with Crippen molar-refractivity contribution in [1.82, 2.24) is 15.6 Å². The van der Waals surface area contributed by atoms with Gasteiger partial charge < -0.3 is 20.7 Å². The van der Waals surface area contributed by atoms with E-state index in [9.17, 15) is 14.0 Å². The fourth-order valence-corrected chi connectivity index (χ4v) is 4.96. The normalized spacial score (nSPS) is 17.5. The van der Waals surface area contributed by atoms with Crippen LogP contribution in [0.4, 0.5) is 14.9 Å². The van der Waals surface area contributed by atoms with Crippen LogP contribution >= 0.6 is 34.5 Å². The number of amides is 3. The summed E-state index contributed by atoms with van der Waals surface area (Å²) in [7, 11) is 0. The molecule has 3 N–H and O–H groups in total. The lowest BCUT2D eigenvalue weighted by Gasteiger charge is -2.32. The van der Waals surface area contributed by atoms with Crippen LogP contribution in [0.25, 0.3) is 0 Å². The number of benzene rings is 2. The molecule has 3 aromatic rings. The number of para-hydroxylation sites is 1. The molecule has 184 valence electrons. The zero-order valence-corrected chi connectivity index (χ0v) is 20.9. The number of carbonyl (C=O) groups excluding carboxylic acids is 2. The molecule has 0 aliphatic heterocycles. The Morgan fingerprint density at radius 1 is 1.09 bits per heavy atom. The molecule has 1 heterocycles. The summed E-state index contributed by atoms with van der Waals surface area (Å²) in [5.74, 6) is -0.665. The maximum atomic E-state index is 13.7. The van der Waals surface area contributed by atoms with Crippen LogP contribution in [0.3, 0.4) is 0 Å². The van der Waals surface area contributed by atoms with E-state index in [1.165, 1.54) is 23.5 Å². The van der Waals surface area contributed by atoms with Crippen LogP contribution in [0.1, 0.15) is 41.2 Å². The molecule has 4 rings (SSSR count). The highest BCUT2D eigenvalue weighted by Gasteiger charge is 2.29. The molecule has 35 heavy (non-hydrogen) atoms. The summed E-state index contributed by atoms with van der Waals surface area (Å²) in [4.78, 5) is 29.7. The summed E-state index contributed by atoms with van der Waals surface area (Å²) < 4.78 is 19.2. The fraction of sp³-hybridized carbons (Fsp3) is 0.292. The molecule has 3 amide bonds. The highest BCUT2D eigenvalue weighted by atomic mass is 35.5. The number of halogens is 3. The van der Waals surface area contributed by atoms with Crippen LogP contribution < -0.4 is 20.7 Å². The number of nitrogens with zero attached hydrogens (tertiary/aromatic N) is 1. The highest BCUT2D eigenvalue weighted by Crippen LogP contribution is 2.26. The molecule has 0 unspecified atom stereocenters. The van der Waals surface area contributed by atoms with Crippen molar-refractivity contribution in [2.45, 2.75) is 44.4 Å². The SMILES string of the molecule is O=C(Nc1ccc(Cl)cc1Cl)N[C@H]1CCCC[C@H]1NC(=O)c1csc(COc2ccccc2F)n1. The lowest BCUT2D eigenvalue weighted by molar-refractivity contribution is 0.0911. The summed E-state index contributed by atoms with van der Waals surface area (Å²) in [6.07, 6.45) is 3.33. The largest absolute Gasteiger partial charge is 0.483 e. The van der Waals surface area contributed by atoms with Crippen molar-refractivity contribution in [3.8, 4) is 5.75 Å². The average molecular weight is 537 g/mol. The van der Waals surface area contributed by atoms with Gasteiger partial charge >= 0.3 is 6.03 Å². The molecular formula is C24H23Cl2FN4O3S. The lowest BCUT2D eigenvalue weighted by atomic mass is 9.90. The first-order chi connectivity index (χ1) is 16.9. The van der Waals surface area contributed by atoms with Crippen LogP contribution in [0.2, 0.25) is 10.0 Å². The Morgan fingerprint density at radius 3 is 2.57 bits per heavy atom. The van der Waals surface area contributed by atoms with Crippen molar-refractivity contribution < 1.29 is 18.7 Å². The second-order valence-corrected chi connectivity index (χ2v) is 9.83. The van der Waals surface area contributed by atoms with Gasteiger partial charge in [-0.3, -0.25) is 4.79 Å². The number of aromatic nitrogens is 1. The predicted octanol–water partition coefficient (Wildman–Crippen LogP) is 6.03. The van der Waals surface area contributed by atoms with Crippen LogP contribution in [0, 0.1) is 5.82 Å². The lowest BCUT2D eigenvalue weighted by Crippen LogP contribution is -2.54. The maximum Gasteiger partial charge on any atom is 0.319 e. The smallest absolute Gasteiger partial charge is 0.319 e. The molecule has 2 atom stereocenters. The first-order valence-corrected chi connectivity index (χ1v) is 12.7. The van der Waals surface area contributed by atoms with E-state index in [2.05, 4.69) is 20.9 Å². The molecule has 7 nitrogen and oxygen atoms in total. The maximum absolute atomic E-state index is 13.7. The number of thiazole rings is 1. The number of hydrogen-bond donors (Lipinski definition) is 3. The molecule has 0 saturated heterocycles. The molecular weight excluding hydrogens is 514 g/mol. The predicted molar refractivity (Wildman–Crippen MR) is 135 cm³/mol. The van der Waals surface area contributed by atoms with Gasteiger partial charge in [0.25, 0.3) is 5.91 Å². The Hall–Kier alpha value is -2.88. The summed E-state index contributed by atoms with van der Waals surface area (Å²) in [5, 5.41) is 11.6. The molecule has 1 aliphatic carbocycles. The standard InChI is InChI=1S/C24H23Cl2FN4O3S/c25-14-9-10-17(15(26)11-14)30-24(33)31-19-7-3-2-6-18(19)29-23(32)20-13-35-22(28-20)12-34-21-8-4-1-5-16(21)27/h1,4-5,8-11,13,18-19H,2-3,6-7,12H2,(H,29,32)(H2,30,31,33)/t18-,19+/m1/s1. The number of hydrogen-bond acceptors (Lipinski definition) is 5. The molecule has 1 saturated carbocycles. The van der Waals surface area contributed by atoms with E-state index in [1.54, 1.807) is 35.7 Å². The van der Waals surface area contributed by atoms with Crippen molar-refractivity contribution in [3.63, 3.8) is 0 Å². The van der Waals surface area contributed by atoms with Gasteiger partial charge in [-0.25, -0.2) is 14.2 Å². The molecule has 1 aromatic heterocycles. The molecule has 0 radical (unpaired) electrons. The Balaban J connectivity index is 1.32. The number of ether oxygens (including phenoxy) is 1. The van der Waals surface area contributed by atoms with Gasteiger partial charge in [-0.2, -0.15) is 0 Å². The first kappa shape index (κ1) is 25.2. The average Bonchev–Trinajstić information content (AvgIpc) is 3.31. The van der Waals surface area contributed by atoms with E-state index in [-0.39, 0.29) is 36.0 Å². The van der Waals surface area contributed by atoms with Crippen LogP contribution in [-0.4, -0.2) is 29.0 Å². The van der Waals surface area contributed by atoms with Crippen molar-refractivity contribution in [1.29, 1.82) is 0 Å². The van der Waals surface area contributed by atoms with E-state index in [0.29, 0.717) is 20.7 Å². The molecule has 0 bridgehead atoms. The Labute approximate surface area is 216 Å². The third-order valence-electron chi connectivity index (χ3n) is 5.55. The topological polar surface area (TPSA) is 92.4 Å². The molecule has 11 heteroatoms. The molecule has 0 spiro atoms. The van der Waals surface area contributed by atoms with Crippen LogP contribution in [-0.2, 0) is 6.61 Å². The van der Waals surface area contributed by atoms with Gasteiger partial charge in [-0.05, 0) is 43.2 Å². The van der Waals surface area contributed by atoms with Gasteiger partial charge in [0.2, 0.25) is 0 Å². The summed E-state index contributed by atoms with van der Waals surface area (Å²) >= 11 is 13.3. The molecule has 1 aliphatic rings. The molecule has 2 aromatic carbocycles. The van der Waals surface area contributed by atoms with E-state index in [1.807, 2.05) is 0 Å². The van der Waals surface area contributed by atoms with Gasteiger partial charge in [0.1, 0.15) is 17.3 Å². The zero-order chi connectivity index (χ0) is 24.8. The number of carbonyl (C=O) groups is 2. The second kappa shape index (κ2) is 11.7. The van der Waals surface area contributed by atoms with Gasteiger partial charge in [-0.15, -0.1) is 11.3 Å². The highest BCUT2D eigenvalue weighted by molar-refractivity contribution is 7.09. The van der Waals surface area contributed by atoms with Crippen LogP contribution in [0.15, 0.2) is 47.8 Å².